The molecule has 1 aliphatic rings. The normalized spacial score (nSPS) is 15.8. The van der Waals surface area contributed by atoms with Crippen molar-refractivity contribution in [2.75, 3.05) is 7.11 Å². The molecule has 180 valence electrons. The van der Waals surface area contributed by atoms with Gasteiger partial charge in [-0.1, -0.05) is 56.0 Å². The first-order valence-electron chi connectivity index (χ1n) is 11.1. The van der Waals surface area contributed by atoms with Crippen molar-refractivity contribution in [2.45, 2.75) is 26.3 Å². The fourth-order valence-electron chi connectivity index (χ4n) is 3.83. The minimum Gasteiger partial charge on any atom is -0.497 e. The standard InChI is InChI=1S/C26H25N3O4S2/c1-16(2)13-21(25(31)32)29-24(30)22(35-26(29)34)14-18-15-28(19-7-5-4-6-8-19)27-23(18)17-9-11-20(33-3)12-10-17/h4-12,14-16,21H,13H2,1-3H3,(H,31,32)/b22-14-. The quantitative estimate of drug-likeness (QED) is 0.329. The fraction of sp³-hybridized carbons (Fsp3) is 0.231. The molecule has 35 heavy (non-hydrogen) atoms. The lowest BCUT2D eigenvalue weighted by Crippen LogP contribution is -2.44. The molecule has 0 radical (unpaired) electrons. The second-order valence-corrected chi connectivity index (χ2v) is 10.2. The SMILES string of the molecule is COc1ccc(-c2nn(-c3ccccc3)cc2/C=C2\SC(=S)N(C(CC(C)C)C(=O)O)C2=O)cc1. The van der Waals surface area contributed by atoms with E-state index in [1.807, 2.05) is 74.6 Å². The van der Waals surface area contributed by atoms with Crippen LogP contribution in [0.4, 0.5) is 0 Å². The largest absolute Gasteiger partial charge is 0.497 e. The maximum Gasteiger partial charge on any atom is 0.326 e. The fourth-order valence-corrected chi connectivity index (χ4v) is 5.18. The van der Waals surface area contributed by atoms with Gasteiger partial charge < -0.3 is 9.84 Å². The molecule has 1 fully saturated rings. The number of carbonyl (C=O) groups is 2. The van der Waals surface area contributed by atoms with Crippen molar-refractivity contribution in [3.05, 3.63) is 71.3 Å². The van der Waals surface area contributed by atoms with Crippen molar-refractivity contribution in [1.82, 2.24) is 14.7 Å². The summed E-state index contributed by atoms with van der Waals surface area (Å²) in [6.07, 6.45) is 3.90. The van der Waals surface area contributed by atoms with Crippen molar-refractivity contribution >= 4 is 46.3 Å². The van der Waals surface area contributed by atoms with Gasteiger partial charge in [0.05, 0.1) is 23.4 Å². The number of ether oxygens (including phenoxy) is 1. The Hall–Kier alpha value is -3.43. The van der Waals surface area contributed by atoms with Gasteiger partial charge in [0.25, 0.3) is 5.91 Å². The molecule has 2 aromatic carbocycles. The summed E-state index contributed by atoms with van der Waals surface area (Å²) < 4.78 is 7.27. The number of aromatic nitrogens is 2. The minimum absolute atomic E-state index is 0.0931. The lowest BCUT2D eigenvalue weighted by atomic mass is 10.0. The molecule has 1 unspecified atom stereocenters. The Bertz CT molecular complexity index is 1280. The topological polar surface area (TPSA) is 84.7 Å². The minimum atomic E-state index is -1.06. The molecule has 1 amide bonds. The van der Waals surface area contributed by atoms with Crippen LogP contribution in [0.5, 0.6) is 5.75 Å². The summed E-state index contributed by atoms with van der Waals surface area (Å²) in [6.45, 7) is 3.84. The summed E-state index contributed by atoms with van der Waals surface area (Å²) >= 11 is 6.54. The number of methoxy groups -OCH3 is 1. The molecular formula is C26H25N3O4S2. The zero-order chi connectivity index (χ0) is 25.1. The van der Waals surface area contributed by atoms with Gasteiger partial charge in [-0.15, -0.1) is 0 Å². The predicted octanol–water partition coefficient (Wildman–Crippen LogP) is 5.25. The second-order valence-electron chi connectivity index (χ2n) is 8.48. The van der Waals surface area contributed by atoms with Crippen molar-refractivity contribution in [1.29, 1.82) is 0 Å². The summed E-state index contributed by atoms with van der Waals surface area (Å²) in [5.74, 6) is -0.646. The van der Waals surface area contributed by atoms with E-state index < -0.39 is 17.9 Å². The first kappa shape index (κ1) is 24.7. The van der Waals surface area contributed by atoms with E-state index in [4.69, 9.17) is 22.1 Å². The van der Waals surface area contributed by atoms with Crippen LogP contribution in [0.15, 0.2) is 65.7 Å². The number of hydrogen-bond donors (Lipinski definition) is 1. The Morgan fingerprint density at radius 2 is 1.86 bits per heavy atom. The number of aliphatic carboxylic acids is 1. The summed E-state index contributed by atoms with van der Waals surface area (Å²) in [4.78, 5) is 26.8. The van der Waals surface area contributed by atoms with Crippen LogP contribution in [0.2, 0.25) is 0 Å². The van der Waals surface area contributed by atoms with E-state index in [1.54, 1.807) is 17.9 Å². The van der Waals surface area contributed by atoms with Gasteiger partial charge in [-0.05, 0) is 54.8 Å². The first-order valence-corrected chi connectivity index (χ1v) is 12.3. The van der Waals surface area contributed by atoms with Gasteiger partial charge in [-0.3, -0.25) is 9.69 Å². The molecule has 1 saturated heterocycles. The molecule has 0 spiro atoms. The third kappa shape index (κ3) is 5.31. The molecule has 0 saturated carbocycles. The maximum atomic E-state index is 13.3. The highest BCUT2D eigenvalue weighted by Crippen LogP contribution is 2.37. The molecule has 1 aromatic heterocycles. The third-order valence-electron chi connectivity index (χ3n) is 5.53. The zero-order valence-electron chi connectivity index (χ0n) is 19.5. The van der Waals surface area contributed by atoms with Gasteiger partial charge in [0.15, 0.2) is 0 Å². The van der Waals surface area contributed by atoms with Crippen molar-refractivity contribution in [3.8, 4) is 22.7 Å². The molecule has 3 aromatic rings. The number of benzene rings is 2. The number of hydrogen-bond acceptors (Lipinski definition) is 6. The van der Waals surface area contributed by atoms with E-state index in [-0.39, 0.29) is 10.2 Å². The van der Waals surface area contributed by atoms with Crippen molar-refractivity contribution in [2.24, 2.45) is 5.92 Å². The Kier molecular flexibility index (Phi) is 7.37. The molecule has 7 nitrogen and oxygen atoms in total. The van der Waals surface area contributed by atoms with E-state index in [9.17, 15) is 14.7 Å². The number of para-hydroxylation sites is 1. The second kappa shape index (κ2) is 10.5. The van der Waals surface area contributed by atoms with Crippen LogP contribution in [0, 0.1) is 5.92 Å². The van der Waals surface area contributed by atoms with Crippen LogP contribution < -0.4 is 4.74 Å². The number of carbonyl (C=O) groups excluding carboxylic acids is 1. The van der Waals surface area contributed by atoms with Gasteiger partial charge in [-0.2, -0.15) is 5.10 Å². The summed E-state index contributed by atoms with van der Waals surface area (Å²) in [6, 6.07) is 16.2. The van der Waals surface area contributed by atoms with Gasteiger partial charge in [-0.25, -0.2) is 9.48 Å². The van der Waals surface area contributed by atoms with E-state index in [0.29, 0.717) is 17.0 Å². The number of thioether (sulfide) groups is 1. The van der Waals surface area contributed by atoms with Gasteiger partial charge in [0.1, 0.15) is 16.1 Å². The van der Waals surface area contributed by atoms with Crippen LogP contribution in [-0.2, 0) is 9.59 Å². The van der Waals surface area contributed by atoms with E-state index in [0.717, 1.165) is 34.3 Å². The number of rotatable bonds is 8. The van der Waals surface area contributed by atoms with Crippen LogP contribution in [-0.4, -0.2) is 49.1 Å². The van der Waals surface area contributed by atoms with Crippen LogP contribution in [0.3, 0.4) is 0 Å². The monoisotopic (exact) mass is 507 g/mol. The van der Waals surface area contributed by atoms with E-state index in [2.05, 4.69) is 0 Å². The Balaban J connectivity index is 1.76. The lowest BCUT2D eigenvalue weighted by Gasteiger charge is -2.24. The maximum absolute atomic E-state index is 13.3. The van der Waals surface area contributed by atoms with Crippen molar-refractivity contribution < 1.29 is 19.4 Å². The number of thiocarbonyl (C=S) groups is 1. The first-order chi connectivity index (χ1) is 16.8. The summed E-state index contributed by atoms with van der Waals surface area (Å²) in [7, 11) is 1.61. The van der Waals surface area contributed by atoms with Crippen LogP contribution in [0.1, 0.15) is 25.8 Å². The van der Waals surface area contributed by atoms with E-state index in [1.165, 1.54) is 4.90 Å². The molecule has 0 bridgehead atoms. The highest BCUT2D eigenvalue weighted by Gasteiger charge is 2.40. The molecule has 4 rings (SSSR count). The molecule has 1 atom stereocenters. The molecular weight excluding hydrogens is 482 g/mol. The van der Waals surface area contributed by atoms with E-state index >= 15 is 0 Å². The molecule has 9 heteroatoms. The van der Waals surface area contributed by atoms with Crippen LogP contribution >= 0.6 is 24.0 Å². The van der Waals surface area contributed by atoms with Gasteiger partial charge in [0, 0.05) is 17.3 Å². The number of carboxylic acids is 1. The number of carboxylic acid groups (broad SMARTS) is 1. The lowest BCUT2D eigenvalue weighted by molar-refractivity contribution is -0.145. The smallest absolute Gasteiger partial charge is 0.326 e. The zero-order valence-corrected chi connectivity index (χ0v) is 21.2. The van der Waals surface area contributed by atoms with Gasteiger partial charge >= 0.3 is 5.97 Å². The highest BCUT2D eigenvalue weighted by atomic mass is 32.2. The molecule has 1 N–H and O–H groups in total. The average molecular weight is 508 g/mol. The summed E-state index contributed by atoms with van der Waals surface area (Å²) in [5, 5.41) is 14.5. The average Bonchev–Trinajstić information content (AvgIpc) is 3.38. The molecule has 1 aliphatic heterocycles. The number of nitrogens with zero attached hydrogens (tertiary/aromatic N) is 3. The molecule has 0 aliphatic carbocycles. The Labute approximate surface area is 213 Å². The number of amides is 1. The third-order valence-corrected chi connectivity index (χ3v) is 6.86. The Morgan fingerprint density at radius 1 is 1.17 bits per heavy atom. The van der Waals surface area contributed by atoms with Crippen LogP contribution in [0.25, 0.3) is 23.0 Å². The predicted molar refractivity (Wildman–Crippen MR) is 141 cm³/mol. The summed E-state index contributed by atoms with van der Waals surface area (Å²) in [5.41, 5.74) is 3.12. The van der Waals surface area contributed by atoms with Crippen molar-refractivity contribution in [3.63, 3.8) is 0 Å². The van der Waals surface area contributed by atoms with Gasteiger partial charge in [0.2, 0.25) is 0 Å². The Morgan fingerprint density at radius 3 is 2.46 bits per heavy atom. The molecule has 2 heterocycles. The highest BCUT2D eigenvalue weighted by molar-refractivity contribution is 8.26.